The number of fused-ring (bicyclic) bond motifs is 1. The molecule has 0 radical (unpaired) electrons. The van der Waals surface area contributed by atoms with Crippen molar-refractivity contribution >= 4 is 11.8 Å². The molecular weight excluding hydrogens is 308 g/mol. The number of carbonyl (C=O) groups excluding carboxylic acids is 1. The Hall–Kier alpha value is -2.70. The van der Waals surface area contributed by atoms with Crippen molar-refractivity contribution in [3.05, 3.63) is 35.5 Å². The molecule has 0 saturated carbocycles. The van der Waals surface area contributed by atoms with Gasteiger partial charge in [-0.05, 0) is 31.5 Å². The molecule has 24 heavy (non-hydrogen) atoms. The SMILES string of the molecule is Cc1cc(NC(=O)N[C@H](C)c2ccc3c(c2)OCCCO3)n(C)n1. The number of hydrogen-bond acceptors (Lipinski definition) is 4. The smallest absolute Gasteiger partial charge is 0.320 e. The molecular formula is C17H22N4O3. The molecule has 2 heterocycles. The van der Waals surface area contributed by atoms with E-state index < -0.39 is 0 Å². The predicted octanol–water partition coefficient (Wildman–Crippen LogP) is 2.77. The molecule has 1 atom stereocenters. The van der Waals surface area contributed by atoms with Crippen molar-refractivity contribution in [1.82, 2.24) is 15.1 Å². The number of ether oxygens (including phenoxy) is 2. The van der Waals surface area contributed by atoms with Crippen molar-refractivity contribution in [2.45, 2.75) is 26.3 Å². The highest BCUT2D eigenvalue weighted by Gasteiger charge is 2.16. The molecule has 1 aromatic carbocycles. The number of anilines is 1. The van der Waals surface area contributed by atoms with Crippen LogP contribution in [0.5, 0.6) is 11.5 Å². The van der Waals surface area contributed by atoms with E-state index in [-0.39, 0.29) is 12.1 Å². The Morgan fingerprint density at radius 1 is 1.25 bits per heavy atom. The lowest BCUT2D eigenvalue weighted by Crippen LogP contribution is -2.31. The van der Waals surface area contributed by atoms with E-state index in [0.717, 1.165) is 29.2 Å². The predicted molar refractivity (Wildman–Crippen MR) is 90.6 cm³/mol. The molecule has 7 nitrogen and oxygen atoms in total. The fourth-order valence-electron chi connectivity index (χ4n) is 2.61. The maximum absolute atomic E-state index is 12.2. The third-order valence-electron chi connectivity index (χ3n) is 3.86. The molecule has 0 saturated heterocycles. The van der Waals surface area contributed by atoms with Crippen LogP contribution in [0.2, 0.25) is 0 Å². The Morgan fingerprint density at radius 2 is 2.00 bits per heavy atom. The maximum Gasteiger partial charge on any atom is 0.320 e. The van der Waals surface area contributed by atoms with Crippen molar-refractivity contribution < 1.29 is 14.3 Å². The lowest BCUT2D eigenvalue weighted by molar-refractivity contribution is 0.249. The van der Waals surface area contributed by atoms with Gasteiger partial charge in [-0.2, -0.15) is 5.10 Å². The first-order valence-corrected chi connectivity index (χ1v) is 8.00. The van der Waals surface area contributed by atoms with E-state index in [1.807, 2.05) is 38.1 Å². The molecule has 0 fully saturated rings. The molecule has 128 valence electrons. The van der Waals surface area contributed by atoms with Gasteiger partial charge in [0.05, 0.1) is 24.9 Å². The maximum atomic E-state index is 12.2. The van der Waals surface area contributed by atoms with E-state index in [1.54, 1.807) is 11.7 Å². The first kappa shape index (κ1) is 16.2. The molecule has 2 aromatic rings. The first-order chi connectivity index (χ1) is 11.5. The van der Waals surface area contributed by atoms with E-state index in [2.05, 4.69) is 15.7 Å². The largest absolute Gasteiger partial charge is 0.490 e. The molecule has 1 aromatic heterocycles. The minimum absolute atomic E-state index is 0.170. The zero-order valence-electron chi connectivity index (χ0n) is 14.1. The lowest BCUT2D eigenvalue weighted by atomic mass is 10.1. The van der Waals surface area contributed by atoms with Gasteiger partial charge in [-0.1, -0.05) is 6.07 Å². The van der Waals surface area contributed by atoms with Crippen LogP contribution < -0.4 is 20.1 Å². The molecule has 0 unspecified atom stereocenters. The number of carbonyl (C=O) groups is 1. The second-order valence-electron chi connectivity index (χ2n) is 5.87. The summed E-state index contributed by atoms with van der Waals surface area (Å²) in [6, 6.07) is 7.11. The number of rotatable bonds is 3. The summed E-state index contributed by atoms with van der Waals surface area (Å²) < 4.78 is 12.9. The van der Waals surface area contributed by atoms with Crippen molar-refractivity contribution in [1.29, 1.82) is 0 Å². The summed E-state index contributed by atoms with van der Waals surface area (Å²) in [6.45, 7) is 5.10. The van der Waals surface area contributed by atoms with Crippen molar-refractivity contribution in [3.63, 3.8) is 0 Å². The Kier molecular flexibility index (Phi) is 4.59. The van der Waals surface area contributed by atoms with Crippen LogP contribution >= 0.6 is 0 Å². The first-order valence-electron chi connectivity index (χ1n) is 8.00. The quantitative estimate of drug-likeness (QED) is 0.907. The van der Waals surface area contributed by atoms with E-state index in [9.17, 15) is 4.79 Å². The minimum atomic E-state index is -0.280. The number of aryl methyl sites for hydroxylation is 2. The highest BCUT2D eigenvalue weighted by atomic mass is 16.5. The molecule has 1 aliphatic heterocycles. The van der Waals surface area contributed by atoms with Crippen molar-refractivity contribution in [3.8, 4) is 11.5 Å². The van der Waals surface area contributed by atoms with E-state index >= 15 is 0 Å². The molecule has 0 spiro atoms. The normalized spacial score (nSPS) is 14.6. The number of benzene rings is 1. The van der Waals surface area contributed by atoms with Crippen LogP contribution in [0, 0.1) is 6.92 Å². The zero-order valence-corrected chi connectivity index (χ0v) is 14.1. The molecule has 1 aliphatic rings. The average molecular weight is 330 g/mol. The van der Waals surface area contributed by atoms with Crippen LogP contribution in [0.4, 0.5) is 10.6 Å². The second kappa shape index (κ2) is 6.82. The third-order valence-corrected chi connectivity index (χ3v) is 3.86. The van der Waals surface area contributed by atoms with Gasteiger partial charge in [0, 0.05) is 19.5 Å². The van der Waals surface area contributed by atoms with Gasteiger partial charge in [-0.15, -0.1) is 0 Å². The Morgan fingerprint density at radius 3 is 2.71 bits per heavy atom. The summed E-state index contributed by atoms with van der Waals surface area (Å²) in [5.41, 5.74) is 1.80. The summed E-state index contributed by atoms with van der Waals surface area (Å²) in [4.78, 5) is 12.2. The number of hydrogen-bond donors (Lipinski definition) is 2. The number of amides is 2. The van der Waals surface area contributed by atoms with Gasteiger partial charge in [0.15, 0.2) is 11.5 Å². The van der Waals surface area contributed by atoms with Gasteiger partial charge in [-0.25, -0.2) is 4.79 Å². The van der Waals surface area contributed by atoms with Gasteiger partial charge >= 0.3 is 6.03 Å². The van der Waals surface area contributed by atoms with Crippen LogP contribution in [-0.4, -0.2) is 29.0 Å². The van der Waals surface area contributed by atoms with E-state index in [0.29, 0.717) is 19.0 Å². The van der Waals surface area contributed by atoms with Crippen LogP contribution in [-0.2, 0) is 7.05 Å². The molecule has 0 aliphatic carbocycles. The fraction of sp³-hybridized carbons (Fsp3) is 0.412. The topological polar surface area (TPSA) is 77.4 Å². The summed E-state index contributed by atoms with van der Waals surface area (Å²) in [5.74, 6) is 2.12. The number of nitrogens with one attached hydrogen (secondary N) is 2. The van der Waals surface area contributed by atoms with Crippen molar-refractivity contribution in [2.75, 3.05) is 18.5 Å². The summed E-state index contributed by atoms with van der Waals surface area (Å²) in [7, 11) is 1.79. The van der Waals surface area contributed by atoms with Gasteiger partial charge in [-0.3, -0.25) is 10.00 Å². The van der Waals surface area contributed by atoms with Gasteiger partial charge in [0.2, 0.25) is 0 Å². The second-order valence-corrected chi connectivity index (χ2v) is 5.87. The Balaban J connectivity index is 1.66. The number of nitrogens with zero attached hydrogens (tertiary/aromatic N) is 2. The van der Waals surface area contributed by atoms with Gasteiger partial charge < -0.3 is 14.8 Å². The van der Waals surface area contributed by atoms with E-state index in [4.69, 9.17) is 9.47 Å². The lowest BCUT2D eigenvalue weighted by Gasteiger charge is -2.17. The minimum Gasteiger partial charge on any atom is -0.490 e. The Bertz CT molecular complexity index is 741. The van der Waals surface area contributed by atoms with Crippen LogP contribution in [0.15, 0.2) is 24.3 Å². The highest BCUT2D eigenvalue weighted by molar-refractivity contribution is 5.88. The average Bonchev–Trinajstić information content (AvgIpc) is 2.75. The van der Waals surface area contributed by atoms with Crippen molar-refractivity contribution in [2.24, 2.45) is 7.05 Å². The Labute approximate surface area is 140 Å². The molecule has 2 N–H and O–H groups in total. The fourth-order valence-corrected chi connectivity index (χ4v) is 2.61. The van der Waals surface area contributed by atoms with Crippen LogP contribution in [0.3, 0.4) is 0 Å². The molecule has 3 rings (SSSR count). The molecule has 0 bridgehead atoms. The van der Waals surface area contributed by atoms with Gasteiger partial charge in [0.1, 0.15) is 5.82 Å². The van der Waals surface area contributed by atoms with Gasteiger partial charge in [0.25, 0.3) is 0 Å². The number of aromatic nitrogens is 2. The molecule has 2 amide bonds. The number of urea groups is 1. The summed E-state index contributed by atoms with van der Waals surface area (Å²) in [5, 5.41) is 9.92. The van der Waals surface area contributed by atoms with Crippen LogP contribution in [0.1, 0.15) is 30.6 Å². The monoisotopic (exact) mass is 330 g/mol. The molecule has 7 heteroatoms. The summed E-state index contributed by atoms with van der Waals surface area (Å²) in [6.07, 6.45) is 0.865. The van der Waals surface area contributed by atoms with Crippen LogP contribution in [0.25, 0.3) is 0 Å². The summed E-state index contributed by atoms with van der Waals surface area (Å²) >= 11 is 0. The standard InChI is InChI=1S/C17H22N4O3/c1-11-9-16(21(3)20-11)19-17(22)18-12(2)13-5-6-14-15(10-13)24-8-4-7-23-14/h5-6,9-10,12H,4,7-8H2,1-3H3,(H2,18,19,22)/t12-/m1/s1. The highest BCUT2D eigenvalue weighted by Crippen LogP contribution is 2.32. The zero-order chi connectivity index (χ0) is 17.1. The third kappa shape index (κ3) is 3.61. The van der Waals surface area contributed by atoms with E-state index in [1.165, 1.54) is 0 Å².